The van der Waals surface area contributed by atoms with Gasteiger partial charge < -0.3 is 9.84 Å². The van der Waals surface area contributed by atoms with E-state index in [0.717, 1.165) is 32.1 Å². The second-order valence-electron chi connectivity index (χ2n) is 5.76. The van der Waals surface area contributed by atoms with E-state index in [1.165, 1.54) is 25.7 Å². The molecule has 1 heterocycles. The number of allylic oxidation sites excluding steroid dienone is 3. The van der Waals surface area contributed by atoms with E-state index in [2.05, 4.69) is 31.2 Å². The maximum atomic E-state index is 10.4. The third-order valence-electron chi connectivity index (χ3n) is 3.77. The number of epoxide rings is 1. The fourth-order valence-corrected chi connectivity index (χ4v) is 2.39. The molecule has 1 aliphatic rings. The van der Waals surface area contributed by atoms with Gasteiger partial charge in [-0.25, -0.2) is 0 Å². The lowest BCUT2D eigenvalue weighted by Crippen LogP contribution is -1.96. The zero-order chi connectivity index (χ0) is 15.3. The smallest absolute Gasteiger partial charge is 0.303 e. The number of hydrogen-bond donors (Lipinski definition) is 1. The molecule has 1 saturated heterocycles. The van der Waals surface area contributed by atoms with Gasteiger partial charge in [-0.05, 0) is 38.5 Å². The Hall–Kier alpha value is -1.09. The van der Waals surface area contributed by atoms with Crippen molar-refractivity contribution in [3.8, 4) is 0 Å². The summed E-state index contributed by atoms with van der Waals surface area (Å²) >= 11 is 0. The molecule has 1 aliphatic heterocycles. The topological polar surface area (TPSA) is 49.8 Å². The zero-order valence-corrected chi connectivity index (χ0v) is 13.3. The monoisotopic (exact) mass is 294 g/mol. The summed E-state index contributed by atoms with van der Waals surface area (Å²) in [5.74, 6) is -0.700. The molecule has 0 spiro atoms. The quantitative estimate of drug-likeness (QED) is 0.299. The molecule has 1 N–H and O–H groups in total. The van der Waals surface area contributed by atoms with E-state index in [1.807, 2.05) is 0 Å². The molecule has 2 atom stereocenters. The van der Waals surface area contributed by atoms with Gasteiger partial charge in [-0.2, -0.15) is 0 Å². The predicted octanol–water partition coefficient (Wildman–Crippen LogP) is 4.87. The van der Waals surface area contributed by atoms with Gasteiger partial charge in [0, 0.05) is 6.42 Å². The van der Waals surface area contributed by atoms with Gasteiger partial charge in [-0.15, -0.1) is 0 Å². The molecule has 0 aromatic rings. The number of aliphatic carboxylic acids is 1. The molecule has 21 heavy (non-hydrogen) atoms. The Balaban J connectivity index is 1.90. The van der Waals surface area contributed by atoms with Crippen LogP contribution < -0.4 is 0 Å². The Morgan fingerprint density at radius 2 is 1.86 bits per heavy atom. The molecule has 3 heteroatoms. The van der Waals surface area contributed by atoms with Crippen LogP contribution in [0.15, 0.2) is 24.3 Å². The summed E-state index contributed by atoms with van der Waals surface area (Å²) in [7, 11) is 0. The van der Waals surface area contributed by atoms with Gasteiger partial charge in [0.15, 0.2) is 0 Å². The van der Waals surface area contributed by atoms with Gasteiger partial charge in [0.25, 0.3) is 0 Å². The van der Waals surface area contributed by atoms with E-state index in [4.69, 9.17) is 9.84 Å². The Bertz CT molecular complexity index is 333. The molecule has 0 radical (unpaired) electrons. The Labute approximate surface area is 129 Å². The van der Waals surface area contributed by atoms with E-state index in [0.29, 0.717) is 12.2 Å². The third-order valence-corrected chi connectivity index (χ3v) is 3.77. The number of rotatable bonds is 13. The lowest BCUT2D eigenvalue weighted by molar-refractivity contribution is -0.137. The molecule has 0 bridgehead atoms. The minimum Gasteiger partial charge on any atom is -0.481 e. The Kier molecular flexibility index (Phi) is 9.88. The average Bonchev–Trinajstić information content (AvgIpc) is 3.20. The van der Waals surface area contributed by atoms with Crippen molar-refractivity contribution in [2.24, 2.45) is 0 Å². The highest BCUT2D eigenvalue weighted by Gasteiger charge is 2.36. The molecular formula is C18H30O3. The summed E-state index contributed by atoms with van der Waals surface area (Å²) < 4.78 is 5.58. The zero-order valence-electron chi connectivity index (χ0n) is 13.3. The maximum absolute atomic E-state index is 10.4. The fourth-order valence-electron chi connectivity index (χ4n) is 2.39. The van der Waals surface area contributed by atoms with Gasteiger partial charge in [-0.1, -0.05) is 50.5 Å². The summed E-state index contributed by atoms with van der Waals surface area (Å²) in [5, 5.41) is 8.55. The van der Waals surface area contributed by atoms with Crippen LogP contribution in [0, 0.1) is 0 Å². The minimum atomic E-state index is -0.700. The highest BCUT2D eigenvalue weighted by atomic mass is 16.6. The lowest BCUT2D eigenvalue weighted by Gasteiger charge is -1.94. The lowest BCUT2D eigenvalue weighted by atomic mass is 10.1. The van der Waals surface area contributed by atoms with Gasteiger partial charge >= 0.3 is 5.97 Å². The molecule has 0 aliphatic carbocycles. The van der Waals surface area contributed by atoms with Crippen molar-refractivity contribution in [3.63, 3.8) is 0 Å². The second-order valence-corrected chi connectivity index (χ2v) is 5.76. The first-order chi connectivity index (χ1) is 10.2. The third kappa shape index (κ3) is 10.3. The van der Waals surface area contributed by atoms with E-state index in [9.17, 15) is 4.79 Å². The number of ether oxygens (including phenoxy) is 1. The molecular weight excluding hydrogens is 264 g/mol. The van der Waals surface area contributed by atoms with E-state index in [1.54, 1.807) is 0 Å². The van der Waals surface area contributed by atoms with E-state index in [-0.39, 0.29) is 6.42 Å². The Morgan fingerprint density at radius 1 is 1.05 bits per heavy atom. The van der Waals surface area contributed by atoms with E-state index < -0.39 is 5.97 Å². The van der Waals surface area contributed by atoms with Gasteiger partial charge in [0.05, 0.1) is 12.2 Å². The van der Waals surface area contributed by atoms with Crippen molar-refractivity contribution >= 4 is 5.97 Å². The second kappa shape index (κ2) is 11.6. The van der Waals surface area contributed by atoms with Crippen molar-refractivity contribution in [2.75, 3.05) is 0 Å². The van der Waals surface area contributed by atoms with Crippen LogP contribution in [0.2, 0.25) is 0 Å². The van der Waals surface area contributed by atoms with Crippen LogP contribution >= 0.6 is 0 Å². The molecule has 0 aromatic carbocycles. The summed E-state index contributed by atoms with van der Waals surface area (Å²) in [5.41, 5.74) is 0. The van der Waals surface area contributed by atoms with Crippen molar-refractivity contribution in [2.45, 2.75) is 83.3 Å². The van der Waals surface area contributed by atoms with Crippen molar-refractivity contribution in [1.29, 1.82) is 0 Å². The molecule has 1 fully saturated rings. The molecule has 120 valence electrons. The van der Waals surface area contributed by atoms with Crippen molar-refractivity contribution in [3.05, 3.63) is 24.3 Å². The summed E-state index contributed by atoms with van der Waals surface area (Å²) in [6, 6.07) is 0. The number of unbranched alkanes of at least 4 members (excludes halogenated alkanes) is 4. The first-order valence-corrected chi connectivity index (χ1v) is 8.41. The average molecular weight is 294 g/mol. The first kappa shape index (κ1) is 18.0. The summed E-state index contributed by atoms with van der Waals surface area (Å²) in [6.07, 6.45) is 19.8. The van der Waals surface area contributed by atoms with Crippen molar-refractivity contribution < 1.29 is 14.6 Å². The van der Waals surface area contributed by atoms with Crippen LogP contribution in [0.1, 0.15) is 71.1 Å². The van der Waals surface area contributed by atoms with Crippen LogP contribution in [-0.4, -0.2) is 23.3 Å². The molecule has 0 amide bonds. The molecule has 3 nitrogen and oxygen atoms in total. The number of hydrogen-bond acceptors (Lipinski definition) is 2. The maximum Gasteiger partial charge on any atom is 0.303 e. The molecule has 1 rings (SSSR count). The summed E-state index contributed by atoms with van der Waals surface area (Å²) in [4.78, 5) is 10.4. The van der Waals surface area contributed by atoms with Crippen LogP contribution in [0.3, 0.4) is 0 Å². The molecule has 0 saturated carbocycles. The van der Waals surface area contributed by atoms with Gasteiger partial charge in [0.1, 0.15) is 0 Å². The number of carbonyl (C=O) groups is 1. The van der Waals surface area contributed by atoms with Crippen LogP contribution in [-0.2, 0) is 9.53 Å². The SMILES string of the molecule is CCCCC/C=C\C/C=C\CC1OC1CCCCC(=O)O. The predicted molar refractivity (Wildman–Crippen MR) is 86.4 cm³/mol. The van der Waals surface area contributed by atoms with Crippen LogP contribution in [0.5, 0.6) is 0 Å². The summed E-state index contributed by atoms with van der Waals surface area (Å²) in [6.45, 7) is 2.23. The van der Waals surface area contributed by atoms with Gasteiger partial charge in [-0.3, -0.25) is 4.79 Å². The fraction of sp³-hybridized carbons (Fsp3) is 0.722. The van der Waals surface area contributed by atoms with E-state index >= 15 is 0 Å². The number of carboxylic acids is 1. The number of carboxylic acid groups (broad SMARTS) is 1. The molecule has 2 unspecified atom stereocenters. The normalized spacial score (nSPS) is 21.4. The standard InChI is InChI=1S/C18H30O3/c1-2-3-4-5-6-7-8-9-10-13-16-17(21-16)14-11-12-15-18(19)20/h6-7,9-10,16-17H,2-5,8,11-15H2,1H3,(H,19,20)/b7-6-,10-9-. The minimum absolute atomic E-state index is 0.280. The highest BCUT2D eigenvalue weighted by molar-refractivity contribution is 5.66. The molecule has 0 aromatic heterocycles. The largest absolute Gasteiger partial charge is 0.481 e. The van der Waals surface area contributed by atoms with Gasteiger partial charge in [0.2, 0.25) is 0 Å². The van der Waals surface area contributed by atoms with Crippen LogP contribution in [0.4, 0.5) is 0 Å². The Morgan fingerprint density at radius 3 is 2.62 bits per heavy atom. The van der Waals surface area contributed by atoms with Crippen LogP contribution in [0.25, 0.3) is 0 Å². The first-order valence-electron chi connectivity index (χ1n) is 8.41. The van der Waals surface area contributed by atoms with Crippen molar-refractivity contribution in [1.82, 2.24) is 0 Å². The highest BCUT2D eigenvalue weighted by Crippen LogP contribution is 2.30.